The Labute approximate surface area is 123 Å². The summed E-state index contributed by atoms with van der Waals surface area (Å²) in [6, 6.07) is 0. The third kappa shape index (κ3) is 2.15. The van der Waals surface area contributed by atoms with Crippen LogP contribution in [-0.2, 0) is 0 Å². The van der Waals surface area contributed by atoms with Crippen LogP contribution in [0.25, 0.3) is 22.3 Å². The van der Waals surface area contributed by atoms with Gasteiger partial charge in [0.25, 0.3) is 5.56 Å². The Balaban J connectivity index is 2.31. The van der Waals surface area contributed by atoms with E-state index in [-0.39, 0.29) is 11.3 Å². The molecule has 0 saturated heterocycles. The van der Waals surface area contributed by atoms with Gasteiger partial charge in [0, 0.05) is 29.5 Å². The standard InChI is InChI=1S/C14H9ClN4O2/c1-2-10(20)7-3-18-14-12(7)8(15)4-19-13(14)9-5-17-11(21)6-16-9/h2-6,18H,1H2,(H,17,21). The Hall–Kier alpha value is -2.73. The molecule has 0 aliphatic heterocycles. The minimum Gasteiger partial charge on any atom is -0.359 e. The average Bonchev–Trinajstić information content (AvgIpc) is 2.94. The summed E-state index contributed by atoms with van der Waals surface area (Å²) < 4.78 is 0. The zero-order valence-electron chi connectivity index (χ0n) is 10.7. The van der Waals surface area contributed by atoms with Gasteiger partial charge in [-0.15, -0.1) is 0 Å². The second-order valence-corrected chi connectivity index (χ2v) is 4.68. The van der Waals surface area contributed by atoms with Gasteiger partial charge >= 0.3 is 0 Å². The lowest BCUT2D eigenvalue weighted by Gasteiger charge is -2.03. The molecule has 0 atom stereocenters. The van der Waals surface area contributed by atoms with Gasteiger partial charge in [-0.25, -0.2) is 4.98 Å². The highest BCUT2D eigenvalue weighted by Gasteiger charge is 2.17. The average molecular weight is 301 g/mol. The summed E-state index contributed by atoms with van der Waals surface area (Å²) in [5.41, 5.74) is 1.65. The first kappa shape index (κ1) is 13.3. The first-order valence-corrected chi connectivity index (χ1v) is 6.37. The first-order valence-electron chi connectivity index (χ1n) is 5.99. The third-order valence-electron chi connectivity index (χ3n) is 3.03. The van der Waals surface area contributed by atoms with Gasteiger partial charge in [-0.3, -0.25) is 14.6 Å². The van der Waals surface area contributed by atoms with E-state index in [4.69, 9.17) is 11.6 Å². The topological polar surface area (TPSA) is 91.5 Å². The predicted octanol–water partition coefficient (Wildman–Crippen LogP) is 2.34. The lowest BCUT2D eigenvalue weighted by Crippen LogP contribution is -2.05. The molecule has 3 aromatic rings. The van der Waals surface area contributed by atoms with E-state index in [0.29, 0.717) is 32.9 Å². The number of hydrogen-bond donors (Lipinski definition) is 2. The van der Waals surface area contributed by atoms with Crippen molar-refractivity contribution in [2.45, 2.75) is 0 Å². The SMILES string of the molecule is C=CC(=O)c1c[nH]c2c(-c3c[nH]c(=O)cn3)ncc(Cl)c12. The molecule has 0 amide bonds. The number of hydrogen-bond acceptors (Lipinski definition) is 4. The van der Waals surface area contributed by atoms with E-state index in [2.05, 4.69) is 26.5 Å². The van der Waals surface area contributed by atoms with Crippen molar-refractivity contribution in [1.29, 1.82) is 0 Å². The summed E-state index contributed by atoms with van der Waals surface area (Å²) in [6.07, 6.45) is 6.83. The van der Waals surface area contributed by atoms with Crippen molar-refractivity contribution in [2.24, 2.45) is 0 Å². The highest BCUT2D eigenvalue weighted by Crippen LogP contribution is 2.32. The number of carbonyl (C=O) groups excluding carboxylic acids is 1. The van der Waals surface area contributed by atoms with Gasteiger partial charge < -0.3 is 9.97 Å². The second-order valence-electron chi connectivity index (χ2n) is 4.27. The number of aromatic amines is 2. The van der Waals surface area contributed by atoms with Crippen molar-refractivity contribution in [3.63, 3.8) is 0 Å². The fraction of sp³-hybridized carbons (Fsp3) is 0. The molecule has 0 saturated carbocycles. The third-order valence-corrected chi connectivity index (χ3v) is 3.31. The van der Waals surface area contributed by atoms with Crippen molar-refractivity contribution in [3.05, 3.63) is 58.4 Å². The van der Waals surface area contributed by atoms with Crippen molar-refractivity contribution in [3.8, 4) is 11.4 Å². The van der Waals surface area contributed by atoms with E-state index in [9.17, 15) is 9.59 Å². The fourth-order valence-corrected chi connectivity index (χ4v) is 2.32. The van der Waals surface area contributed by atoms with Crippen molar-refractivity contribution in [1.82, 2.24) is 19.9 Å². The summed E-state index contributed by atoms with van der Waals surface area (Å²) in [5, 5.41) is 0.907. The van der Waals surface area contributed by atoms with Crippen molar-refractivity contribution < 1.29 is 4.79 Å². The van der Waals surface area contributed by atoms with E-state index in [1.54, 1.807) is 6.20 Å². The van der Waals surface area contributed by atoms with Crippen LogP contribution in [0.3, 0.4) is 0 Å². The number of allylic oxidation sites excluding steroid dienone is 1. The van der Waals surface area contributed by atoms with E-state index < -0.39 is 0 Å². The van der Waals surface area contributed by atoms with E-state index in [0.717, 1.165) is 6.20 Å². The molecule has 0 fully saturated rings. The molecule has 7 heteroatoms. The smallest absolute Gasteiger partial charge is 0.266 e. The Morgan fingerprint density at radius 1 is 1.24 bits per heavy atom. The van der Waals surface area contributed by atoms with E-state index in [1.165, 1.54) is 18.5 Å². The summed E-state index contributed by atoms with van der Waals surface area (Å²) in [7, 11) is 0. The number of nitrogens with one attached hydrogen (secondary N) is 2. The van der Waals surface area contributed by atoms with Gasteiger partial charge in [-0.05, 0) is 6.08 Å². The number of rotatable bonds is 3. The van der Waals surface area contributed by atoms with Gasteiger partial charge in [0.05, 0.1) is 16.7 Å². The molecule has 0 unspecified atom stereocenters. The number of halogens is 1. The minimum atomic E-state index is -0.307. The molecule has 3 heterocycles. The number of pyridine rings is 1. The molecule has 21 heavy (non-hydrogen) atoms. The Morgan fingerprint density at radius 3 is 2.71 bits per heavy atom. The van der Waals surface area contributed by atoms with Crippen LogP contribution >= 0.6 is 11.6 Å². The van der Waals surface area contributed by atoms with E-state index >= 15 is 0 Å². The number of carbonyl (C=O) groups is 1. The molecular weight excluding hydrogens is 292 g/mol. The molecule has 6 nitrogen and oxygen atoms in total. The minimum absolute atomic E-state index is 0.241. The first-order chi connectivity index (χ1) is 10.1. The van der Waals surface area contributed by atoms with Crippen LogP contribution < -0.4 is 5.56 Å². The molecule has 3 aromatic heterocycles. The highest BCUT2D eigenvalue weighted by atomic mass is 35.5. The van der Waals surface area contributed by atoms with Gasteiger partial charge in [0.1, 0.15) is 11.4 Å². The summed E-state index contributed by atoms with van der Waals surface area (Å²) in [6.45, 7) is 3.47. The lowest BCUT2D eigenvalue weighted by atomic mass is 10.1. The van der Waals surface area contributed by atoms with Crippen LogP contribution in [0.4, 0.5) is 0 Å². The number of ketones is 1. The number of nitrogens with zero attached hydrogens (tertiary/aromatic N) is 2. The molecule has 0 aliphatic carbocycles. The van der Waals surface area contributed by atoms with Crippen molar-refractivity contribution >= 4 is 28.3 Å². The highest BCUT2D eigenvalue weighted by molar-refractivity contribution is 6.37. The molecule has 2 N–H and O–H groups in total. The maximum atomic E-state index is 11.9. The zero-order valence-corrected chi connectivity index (χ0v) is 11.4. The van der Waals surface area contributed by atoms with Crippen LogP contribution in [0.15, 0.2) is 42.2 Å². The molecule has 0 aliphatic rings. The molecule has 0 aromatic carbocycles. The van der Waals surface area contributed by atoms with Crippen molar-refractivity contribution in [2.75, 3.05) is 0 Å². The molecular formula is C14H9ClN4O2. The summed E-state index contributed by atoms with van der Waals surface area (Å²) in [5.74, 6) is -0.241. The fourth-order valence-electron chi connectivity index (χ4n) is 2.08. The van der Waals surface area contributed by atoms with Gasteiger partial charge in [-0.2, -0.15) is 0 Å². The largest absolute Gasteiger partial charge is 0.359 e. The second kappa shape index (κ2) is 4.99. The Morgan fingerprint density at radius 2 is 2.05 bits per heavy atom. The van der Waals surface area contributed by atoms with Gasteiger partial charge in [-0.1, -0.05) is 18.2 Å². The Bertz CT molecular complexity index is 906. The summed E-state index contributed by atoms with van der Waals surface area (Å²) >= 11 is 6.14. The van der Waals surface area contributed by atoms with E-state index in [1.807, 2.05) is 0 Å². The van der Waals surface area contributed by atoms with Crippen LogP contribution in [0.2, 0.25) is 5.02 Å². The zero-order chi connectivity index (χ0) is 15.0. The number of H-pyrrole nitrogens is 2. The maximum Gasteiger partial charge on any atom is 0.266 e. The lowest BCUT2D eigenvalue weighted by molar-refractivity contribution is 0.104. The number of aromatic nitrogens is 4. The van der Waals surface area contributed by atoms with Crippen LogP contribution in [0, 0.1) is 0 Å². The molecule has 3 rings (SSSR count). The predicted molar refractivity (Wildman–Crippen MR) is 79.5 cm³/mol. The normalized spacial score (nSPS) is 10.7. The van der Waals surface area contributed by atoms with Crippen LogP contribution in [-0.4, -0.2) is 25.7 Å². The number of fused-ring (bicyclic) bond motifs is 1. The maximum absolute atomic E-state index is 11.9. The molecule has 0 radical (unpaired) electrons. The molecule has 0 bridgehead atoms. The van der Waals surface area contributed by atoms with Gasteiger partial charge in [0.15, 0.2) is 5.78 Å². The van der Waals surface area contributed by atoms with Gasteiger partial charge in [0.2, 0.25) is 0 Å². The Kier molecular flexibility index (Phi) is 3.15. The molecule has 0 spiro atoms. The monoisotopic (exact) mass is 300 g/mol. The summed E-state index contributed by atoms with van der Waals surface area (Å²) in [4.78, 5) is 36.7. The quantitative estimate of drug-likeness (QED) is 0.573. The molecule has 104 valence electrons. The van der Waals surface area contributed by atoms with Crippen LogP contribution in [0.1, 0.15) is 10.4 Å². The van der Waals surface area contributed by atoms with Crippen LogP contribution in [0.5, 0.6) is 0 Å².